The standard InChI is InChI=1S/C22H26N4O5/c1-2-30-21(29)25-11-9-24(10-12-25)19(27)17-16-3-6-22(31-16)14-26(20(28)18(17)22)13-15-4-7-23-8-5-15/h3-8,16-18H,2,9-14H2,1H3/t16-,17?,18?,22?/m0/s1. The molecule has 3 fully saturated rings. The molecule has 0 aliphatic carbocycles. The molecule has 3 amide bonds. The van der Waals surface area contributed by atoms with Gasteiger partial charge in [0.05, 0.1) is 31.1 Å². The minimum absolute atomic E-state index is 0.0350. The van der Waals surface area contributed by atoms with Gasteiger partial charge in [0.15, 0.2) is 0 Å². The first kappa shape index (κ1) is 20.0. The first-order chi connectivity index (χ1) is 15.0. The first-order valence-corrected chi connectivity index (χ1v) is 10.8. The highest BCUT2D eigenvalue weighted by atomic mass is 16.6. The van der Waals surface area contributed by atoms with Crippen molar-refractivity contribution in [2.75, 3.05) is 39.3 Å². The number of fused-ring (bicyclic) bond motifs is 1. The Balaban J connectivity index is 1.29. The summed E-state index contributed by atoms with van der Waals surface area (Å²) in [4.78, 5) is 47.9. The number of ether oxygens (including phenoxy) is 2. The lowest BCUT2D eigenvalue weighted by Gasteiger charge is -2.36. The fourth-order valence-electron chi connectivity index (χ4n) is 5.24. The van der Waals surface area contributed by atoms with Crippen LogP contribution in [0.4, 0.5) is 4.79 Å². The monoisotopic (exact) mass is 426 g/mol. The number of amides is 3. The third-order valence-electron chi connectivity index (χ3n) is 6.70. The number of likely N-dealkylation sites (tertiary alicyclic amines) is 1. The molecule has 3 unspecified atom stereocenters. The van der Waals surface area contributed by atoms with E-state index in [9.17, 15) is 14.4 Å². The molecule has 5 heterocycles. The number of nitrogens with zero attached hydrogens (tertiary/aromatic N) is 4. The largest absolute Gasteiger partial charge is 0.450 e. The number of aromatic nitrogens is 1. The lowest BCUT2D eigenvalue weighted by atomic mass is 9.76. The predicted molar refractivity (Wildman–Crippen MR) is 109 cm³/mol. The zero-order chi connectivity index (χ0) is 21.6. The summed E-state index contributed by atoms with van der Waals surface area (Å²) in [7, 11) is 0. The van der Waals surface area contributed by atoms with Crippen LogP contribution in [0.25, 0.3) is 0 Å². The van der Waals surface area contributed by atoms with Crippen LogP contribution in [0, 0.1) is 11.8 Å². The Bertz CT molecular complexity index is 914. The summed E-state index contributed by atoms with van der Waals surface area (Å²) in [6, 6.07) is 3.78. The summed E-state index contributed by atoms with van der Waals surface area (Å²) in [6.45, 7) is 4.73. The van der Waals surface area contributed by atoms with E-state index in [1.54, 1.807) is 34.0 Å². The topological polar surface area (TPSA) is 92.3 Å². The van der Waals surface area contributed by atoms with Gasteiger partial charge in [-0.3, -0.25) is 14.6 Å². The molecule has 1 aromatic heterocycles. The van der Waals surface area contributed by atoms with E-state index in [4.69, 9.17) is 9.47 Å². The van der Waals surface area contributed by atoms with Crippen molar-refractivity contribution in [3.63, 3.8) is 0 Å². The molecule has 1 aromatic rings. The molecule has 2 bridgehead atoms. The molecule has 3 saturated heterocycles. The Morgan fingerprint density at radius 1 is 1.19 bits per heavy atom. The van der Waals surface area contributed by atoms with E-state index in [1.165, 1.54) is 0 Å². The summed E-state index contributed by atoms with van der Waals surface area (Å²) in [6.07, 6.45) is 6.59. The van der Waals surface area contributed by atoms with Crippen LogP contribution in [0.5, 0.6) is 0 Å². The summed E-state index contributed by atoms with van der Waals surface area (Å²) in [5, 5.41) is 0. The molecule has 1 spiro atoms. The highest BCUT2D eigenvalue weighted by molar-refractivity contribution is 5.93. The SMILES string of the molecule is CCOC(=O)N1CCN(C(=O)C2C3C(=O)N(Cc4ccncc4)CC34C=C[C@@H]2O4)CC1. The second-order valence-corrected chi connectivity index (χ2v) is 8.46. The van der Waals surface area contributed by atoms with Gasteiger partial charge in [-0.05, 0) is 24.6 Å². The molecule has 0 radical (unpaired) electrons. The van der Waals surface area contributed by atoms with Gasteiger partial charge in [-0.1, -0.05) is 12.2 Å². The normalized spacial score (nSPS) is 31.3. The van der Waals surface area contributed by atoms with Crippen molar-refractivity contribution < 1.29 is 23.9 Å². The van der Waals surface area contributed by atoms with Gasteiger partial charge in [0, 0.05) is 45.1 Å². The highest BCUT2D eigenvalue weighted by Gasteiger charge is 2.67. The quantitative estimate of drug-likeness (QED) is 0.657. The molecular weight excluding hydrogens is 400 g/mol. The molecule has 5 rings (SSSR count). The highest BCUT2D eigenvalue weighted by Crippen LogP contribution is 2.52. The minimum atomic E-state index is -0.720. The van der Waals surface area contributed by atoms with Crippen molar-refractivity contribution in [1.82, 2.24) is 19.7 Å². The molecule has 164 valence electrons. The first-order valence-electron chi connectivity index (χ1n) is 10.8. The number of rotatable bonds is 4. The van der Waals surface area contributed by atoms with E-state index in [1.807, 2.05) is 24.3 Å². The average molecular weight is 426 g/mol. The van der Waals surface area contributed by atoms with Crippen LogP contribution in [0.1, 0.15) is 12.5 Å². The third kappa shape index (κ3) is 3.27. The zero-order valence-electron chi connectivity index (χ0n) is 17.5. The molecule has 0 aromatic carbocycles. The molecule has 0 N–H and O–H groups in total. The number of pyridine rings is 1. The maximum absolute atomic E-state index is 13.4. The number of piperazine rings is 1. The molecule has 4 atom stereocenters. The van der Waals surface area contributed by atoms with Crippen LogP contribution in [-0.4, -0.2) is 88.6 Å². The molecule has 31 heavy (non-hydrogen) atoms. The van der Waals surface area contributed by atoms with E-state index >= 15 is 0 Å². The van der Waals surface area contributed by atoms with Gasteiger partial charge in [0.2, 0.25) is 11.8 Å². The smallest absolute Gasteiger partial charge is 0.409 e. The maximum Gasteiger partial charge on any atom is 0.409 e. The van der Waals surface area contributed by atoms with Crippen LogP contribution in [-0.2, 0) is 25.6 Å². The number of carbonyl (C=O) groups is 3. The number of hydrogen-bond acceptors (Lipinski definition) is 6. The van der Waals surface area contributed by atoms with Crippen LogP contribution >= 0.6 is 0 Å². The fraction of sp³-hybridized carbons (Fsp3) is 0.545. The summed E-state index contributed by atoms with van der Waals surface area (Å²) < 4.78 is 11.3. The van der Waals surface area contributed by atoms with Crippen molar-refractivity contribution in [3.05, 3.63) is 42.2 Å². The zero-order valence-corrected chi connectivity index (χ0v) is 17.5. The van der Waals surface area contributed by atoms with Crippen LogP contribution in [0.2, 0.25) is 0 Å². The molecule has 4 aliphatic rings. The Morgan fingerprint density at radius 2 is 1.90 bits per heavy atom. The van der Waals surface area contributed by atoms with Crippen LogP contribution in [0.15, 0.2) is 36.7 Å². The third-order valence-corrected chi connectivity index (χ3v) is 6.70. The average Bonchev–Trinajstić information content (AvgIpc) is 3.42. The summed E-state index contributed by atoms with van der Waals surface area (Å²) in [5.41, 5.74) is 0.276. The summed E-state index contributed by atoms with van der Waals surface area (Å²) >= 11 is 0. The Morgan fingerprint density at radius 3 is 2.61 bits per heavy atom. The van der Waals surface area contributed by atoms with Crippen LogP contribution in [0.3, 0.4) is 0 Å². The van der Waals surface area contributed by atoms with E-state index < -0.39 is 17.4 Å². The van der Waals surface area contributed by atoms with Crippen molar-refractivity contribution in [1.29, 1.82) is 0 Å². The molecule has 9 nitrogen and oxygen atoms in total. The van der Waals surface area contributed by atoms with Gasteiger partial charge in [0.25, 0.3) is 0 Å². The maximum atomic E-state index is 13.4. The van der Waals surface area contributed by atoms with E-state index in [0.29, 0.717) is 45.9 Å². The van der Waals surface area contributed by atoms with Crippen molar-refractivity contribution in [3.8, 4) is 0 Å². The molecular formula is C22H26N4O5. The fourth-order valence-corrected chi connectivity index (χ4v) is 5.24. The van der Waals surface area contributed by atoms with Gasteiger partial charge < -0.3 is 24.2 Å². The van der Waals surface area contributed by atoms with E-state index in [2.05, 4.69) is 4.98 Å². The molecule has 0 saturated carbocycles. The van der Waals surface area contributed by atoms with E-state index in [0.717, 1.165) is 5.56 Å². The van der Waals surface area contributed by atoms with Crippen molar-refractivity contribution in [2.24, 2.45) is 11.8 Å². The second kappa shape index (κ2) is 7.64. The number of carbonyl (C=O) groups excluding carboxylic acids is 3. The van der Waals surface area contributed by atoms with Gasteiger partial charge in [-0.25, -0.2) is 4.79 Å². The Labute approximate surface area is 180 Å². The minimum Gasteiger partial charge on any atom is -0.450 e. The molecule has 9 heteroatoms. The lowest BCUT2D eigenvalue weighted by molar-refractivity contribution is -0.144. The van der Waals surface area contributed by atoms with Gasteiger partial charge >= 0.3 is 6.09 Å². The van der Waals surface area contributed by atoms with Gasteiger partial charge in [-0.15, -0.1) is 0 Å². The predicted octanol–water partition coefficient (Wildman–Crippen LogP) is 0.664. The Hall–Kier alpha value is -2.94. The lowest BCUT2D eigenvalue weighted by Crippen LogP contribution is -2.54. The molecule has 4 aliphatic heterocycles. The summed E-state index contributed by atoms with van der Waals surface area (Å²) in [5.74, 6) is -1.12. The Kier molecular flexibility index (Phi) is 4.92. The van der Waals surface area contributed by atoms with Gasteiger partial charge in [-0.2, -0.15) is 0 Å². The van der Waals surface area contributed by atoms with Crippen molar-refractivity contribution in [2.45, 2.75) is 25.2 Å². The van der Waals surface area contributed by atoms with Crippen molar-refractivity contribution >= 4 is 17.9 Å². The second-order valence-electron chi connectivity index (χ2n) is 8.46. The van der Waals surface area contributed by atoms with Gasteiger partial charge in [0.1, 0.15) is 5.60 Å². The van der Waals surface area contributed by atoms with Crippen LogP contribution < -0.4 is 0 Å². The number of hydrogen-bond donors (Lipinski definition) is 0. The van der Waals surface area contributed by atoms with E-state index in [-0.39, 0.29) is 24.0 Å².